The van der Waals surface area contributed by atoms with Crippen LogP contribution in [0.3, 0.4) is 0 Å². The van der Waals surface area contributed by atoms with Crippen LogP contribution in [-0.4, -0.2) is 66.1 Å². The number of likely N-dealkylation sites (tertiary alicyclic amines) is 1. The molecule has 32 heavy (non-hydrogen) atoms. The predicted octanol–water partition coefficient (Wildman–Crippen LogP) is 1.95. The molecule has 0 unspecified atom stereocenters. The highest BCUT2D eigenvalue weighted by molar-refractivity contribution is 5.99. The number of benzene rings is 1. The van der Waals surface area contributed by atoms with E-state index in [4.69, 9.17) is 14.5 Å². The lowest BCUT2D eigenvalue weighted by Crippen LogP contribution is -2.42. The first kappa shape index (κ1) is 20.8. The zero-order valence-corrected chi connectivity index (χ0v) is 18.5. The van der Waals surface area contributed by atoms with Crippen LogP contribution in [0.1, 0.15) is 41.4 Å². The summed E-state index contributed by atoms with van der Waals surface area (Å²) in [5.74, 6) is 2.19. The van der Waals surface area contributed by atoms with Crippen molar-refractivity contribution in [1.29, 1.82) is 0 Å². The van der Waals surface area contributed by atoms with Gasteiger partial charge in [-0.05, 0) is 44.2 Å². The van der Waals surface area contributed by atoms with Crippen molar-refractivity contribution in [2.24, 2.45) is 0 Å². The molecule has 0 saturated carbocycles. The second-order valence-electron chi connectivity index (χ2n) is 8.82. The monoisotopic (exact) mass is 436 g/mol. The molecule has 1 aromatic carbocycles. The van der Waals surface area contributed by atoms with Crippen LogP contribution in [0.25, 0.3) is 6.08 Å². The maximum Gasteiger partial charge on any atom is 0.255 e. The normalized spacial score (nSPS) is 20.6. The predicted molar refractivity (Wildman–Crippen MR) is 120 cm³/mol. The van der Waals surface area contributed by atoms with E-state index in [0.717, 1.165) is 54.1 Å². The molecule has 1 amide bonds. The van der Waals surface area contributed by atoms with Gasteiger partial charge in [0.05, 0.1) is 23.9 Å². The summed E-state index contributed by atoms with van der Waals surface area (Å²) in [5, 5.41) is 0. The van der Waals surface area contributed by atoms with Crippen molar-refractivity contribution < 1.29 is 14.3 Å². The molecule has 4 heterocycles. The summed E-state index contributed by atoms with van der Waals surface area (Å²) in [6.45, 7) is 3.02. The van der Waals surface area contributed by atoms with Crippen molar-refractivity contribution >= 4 is 12.0 Å². The highest BCUT2D eigenvalue weighted by Gasteiger charge is 2.30. The minimum absolute atomic E-state index is 0.0231. The lowest BCUT2D eigenvalue weighted by Gasteiger charge is -2.34. The molecule has 2 aromatic rings. The molecule has 1 atom stereocenters. The third-order valence-electron chi connectivity index (χ3n) is 6.58. The molecule has 1 saturated heterocycles. The van der Waals surface area contributed by atoms with Crippen LogP contribution in [-0.2, 0) is 17.8 Å². The van der Waals surface area contributed by atoms with Crippen molar-refractivity contribution in [1.82, 2.24) is 19.8 Å². The van der Waals surface area contributed by atoms with Gasteiger partial charge in [-0.3, -0.25) is 9.59 Å². The van der Waals surface area contributed by atoms with Gasteiger partial charge in [0.2, 0.25) is 0 Å². The maximum atomic E-state index is 13.3. The zero-order chi connectivity index (χ0) is 22.2. The van der Waals surface area contributed by atoms with Gasteiger partial charge in [-0.2, -0.15) is 0 Å². The molecule has 5 rings (SSSR count). The first-order valence-electron chi connectivity index (χ1n) is 11.1. The summed E-state index contributed by atoms with van der Waals surface area (Å²) in [6, 6.07) is 5.58. The van der Waals surface area contributed by atoms with Crippen LogP contribution in [0, 0.1) is 0 Å². The average molecular weight is 437 g/mol. The van der Waals surface area contributed by atoms with E-state index in [-0.39, 0.29) is 24.0 Å². The Morgan fingerprint density at radius 3 is 3.03 bits per heavy atom. The summed E-state index contributed by atoms with van der Waals surface area (Å²) < 4.78 is 11.1. The molecule has 1 aromatic heterocycles. The van der Waals surface area contributed by atoms with Crippen molar-refractivity contribution in [3.05, 3.63) is 56.8 Å². The summed E-state index contributed by atoms with van der Waals surface area (Å²) in [6.07, 6.45) is 4.45. The van der Waals surface area contributed by atoms with Crippen LogP contribution in [0.15, 0.2) is 28.6 Å². The number of carbonyl (C=O) groups excluding carboxylic acids is 1. The van der Waals surface area contributed by atoms with E-state index < -0.39 is 0 Å². The standard InChI is InChI=1S/C24H28N4O4/c1-27-9-7-20-19(13-27)23(29)26-22(25-20)15-4-3-8-28(12-15)24(30)17-10-16-11-18(31-2)5-6-21(16)32-14-17/h5-6,10-11,15H,3-4,7-9,12-14H2,1-2H3,(H,25,26,29)/t15-/m0/s1. The number of methoxy groups -OCH3 is 1. The molecule has 168 valence electrons. The Labute approximate surface area is 186 Å². The lowest BCUT2D eigenvalue weighted by molar-refractivity contribution is -0.128. The summed E-state index contributed by atoms with van der Waals surface area (Å²) in [4.78, 5) is 37.8. The van der Waals surface area contributed by atoms with Crippen LogP contribution >= 0.6 is 0 Å². The number of fused-ring (bicyclic) bond motifs is 2. The summed E-state index contributed by atoms with van der Waals surface area (Å²) in [5.41, 5.74) is 3.09. The minimum Gasteiger partial charge on any atom is -0.497 e. The van der Waals surface area contributed by atoms with E-state index in [1.54, 1.807) is 7.11 Å². The lowest BCUT2D eigenvalue weighted by atomic mass is 9.95. The van der Waals surface area contributed by atoms with Crippen LogP contribution in [0.4, 0.5) is 0 Å². The van der Waals surface area contributed by atoms with Crippen LogP contribution in [0.2, 0.25) is 0 Å². The number of aromatic amines is 1. The minimum atomic E-state index is -0.0473. The molecule has 0 bridgehead atoms. The van der Waals surface area contributed by atoms with E-state index >= 15 is 0 Å². The van der Waals surface area contributed by atoms with E-state index in [2.05, 4.69) is 9.88 Å². The summed E-state index contributed by atoms with van der Waals surface area (Å²) in [7, 11) is 3.63. The number of H-pyrrole nitrogens is 1. The van der Waals surface area contributed by atoms with Crippen molar-refractivity contribution in [3.8, 4) is 11.5 Å². The van der Waals surface area contributed by atoms with E-state index in [1.165, 1.54) is 0 Å². The SMILES string of the molecule is COc1ccc2c(c1)C=C(C(=O)N1CCC[C@H](c3nc4c(c(=O)[nH]3)CN(C)CC4)C1)CO2. The number of nitrogens with one attached hydrogen (secondary N) is 1. The highest BCUT2D eigenvalue weighted by atomic mass is 16.5. The van der Waals surface area contributed by atoms with Gasteiger partial charge in [0, 0.05) is 44.1 Å². The number of piperidine rings is 1. The second kappa shape index (κ2) is 8.43. The summed E-state index contributed by atoms with van der Waals surface area (Å²) >= 11 is 0. The Morgan fingerprint density at radius 2 is 2.19 bits per heavy atom. The number of hydrogen-bond acceptors (Lipinski definition) is 6. The van der Waals surface area contributed by atoms with Crippen molar-refractivity contribution in [2.45, 2.75) is 31.7 Å². The van der Waals surface area contributed by atoms with Crippen LogP contribution < -0.4 is 15.0 Å². The molecule has 1 N–H and O–H groups in total. The molecule has 0 radical (unpaired) electrons. The van der Waals surface area contributed by atoms with Gasteiger partial charge in [0.25, 0.3) is 11.5 Å². The Kier molecular flexibility index (Phi) is 5.46. The largest absolute Gasteiger partial charge is 0.497 e. The molecule has 1 fully saturated rings. The van der Waals surface area contributed by atoms with Gasteiger partial charge < -0.3 is 24.3 Å². The fraction of sp³-hybridized carbons (Fsp3) is 0.458. The molecule has 0 aliphatic carbocycles. The maximum absolute atomic E-state index is 13.3. The Bertz CT molecular complexity index is 1140. The molecule has 8 heteroatoms. The quantitative estimate of drug-likeness (QED) is 0.791. The van der Waals surface area contributed by atoms with Gasteiger partial charge in [-0.15, -0.1) is 0 Å². The second-order valence-corrected chi connectivity index (χ2v) is 8.82. The van der Waals surface area contributed by atoms with Gasteiger partial charge in [-0.25, -0.2) is 4.98 Å². The zero-order valence-electron chi connectivity index (χ0n) is 18.5. The fourth-order valence-electron chi connectivity index (χ4n) is 4.77. The number of amides is 1. The van der Waals surface area contributed by atoms with Gasteiger partial charge in [-0.1, -0.05) is 0 Å². The van der Waals surface area contributed by atoms with E-state index in [0.29, 0.717) is 31.0 Å². The number of carbonyl (C=O) groups is 1. The first-order valence-corrected chi connectivity index (χ1v) is 11.1. The van der Waals surface area contributed by atoms with Crippen molar-refractivity contribution in [3.63, 3.8) is 0 Å². The number of rotatable bonds is 3. The molecule has 0 spiro atoms. The Balaban J connectivity index is 1.35. The topological polar surface area (TPSA) is 87.8 Å². The first-order chi connectivity index (χ1) is 15.5. The smallest absolute Gasteiger partial charge is 0.255 e. The van der Waals surface area contributed by atoms with Crippen LogP contribution in [0.5, 0.6) is 11.5 Å². The van der Waals surface area contributed by atoms with Gasteiger partial charge in [0.1, 0.15) is 23.9 Å². The third kappa shape index (κ3) is 3.90. The van der Waals surface area contributed by atoms with E-state index in [9.17, 15) is 9.59 Å². The number of ether oxygens (including phenoxy) is 2. The Morgan fingerprint density at radius 1 is 1.31 bits per heavy atom. The molecular formula is C24H28N4O4. The van der Waals surface area contributed by atoms with Crippen molar-refractivity contribution in [2.75, 3.05) is 40.4 Å². The number of nitrogens with zero attached hydrogens (tertiary/aromatic N) is 3. The fourth-order valence-corrected chi connectivity index (χ4v) is 4.77. The molecule has 3 aliphatic heterocycles. The Hall–Kier alpha value is -3.13. The van der Waals surface area contributed by atoms with Gasteiger partial charge >= 0.3 is 0 Å². The van der Waals surface area contributed by atoms with Gasteiger partial charge in [0.15, 0.2) is 0 Å². The number of hydrogen-bond donors (Lipinski definition) is 1. The molecular weight excluding hydrogens is 408 g/mol. The third-order valence-corrected chi connectivity index (χ3v) is 6.58. The number of likely N-dealkylation sites (N-methyl/N-ethyl adjacent to an activating group) is 1. The molecule has 3 aliphatic rings. The highest BCUT2D eigenvalue weighted by Crippen LogP contribution is 2.32. The average Bonchev–Trinajstić information content (AvgIpc) is 2.83. The number of aromatic nitrogens is 2. The van der Waals surface area contributed by atoms with E-state index in [1.807, 2.05) is 36.2 Å². The molecule has 8 nitrogen and oxygen atoms in total.